The minimum Gasteiger partial charge on any atom is -0.478 e. The smallest absolute Gasteiger partial charge is 0.337 e. The van der Waals surface area contributed by atoms with Crippen molar-refractivity contribution in [3.05, 3.63) is 23.8 Å². The standard InChI is InChI=1S/C13H20N2O5S/c1-8(2)5-9(16)7-15-12-4-3-10(21(14,19)20)6-11(12)13(17)18/h3-4,6,8-9,15-16H,5,7H2,1-2H3,(H,17,18)(H2,14,19,20). The van der Waals surface area contributed by atoms with Crippen molar-refractivity contribution in [2.24, 2.45) is 11.1 Å². The normalized spacial score (nSPS) is 13.2. The van der Waals surface area contributed by atoms with Crippen LogP contribution in [0.1, 0.15) is 30.6 Å². The number of anilines is 1. The Morgan fingerprint density at radius 3 is 2.48 bits per heavy atom. The summed E-state index contributed by atoms with van der Waals surface area (Å²) in [6.45, 7) is 4.10. The number of carboxylic acids is 1. The lowest BCUT2D eigenvalue weighted by Gasteiger charge is -2.16. The van der Waals surface area contributed by atoms with Crippen LogP contribution in [0.4, 0.5) is 5.69 Å². The third-order valence-electron chi connectivity index (χ3n) is 2.82. The number of carboxylic acid groups (broad SMARTS) is 1. The summed E-state index contributed by atoms with van der Waals surface area (Å²) >= 11 is 0. The van der Waals surface area contributed by atoms with E-state index in [-0.39, 0.29) is 22.7 Å². The van der Waals surface area contributed by atoms with E-state index >= 15 is 0 Å². The van der Waals surface area contributed by atoms with Gasteiger partial charge in [0.2, 0.25) is 10.0 Å². The van der Waals surface area contributed by atoms with Gasteiger partial charge in [0.1, 0.15) is 0 Å². The van der Waals surface area contributed by atoms with E-state index in [1.807, 2.05) is 13.8 Å². The maximum absolute atomic E-state index is 11.2. The number of aliphatic hydroxyl groups is 1. The van der Waals surface area contributed by atoms with Crippen LogP contribution in [0.25, 0.3) is 0 Å². The second-order valence-corrected chi connectivity index (χ2v) is 6.78. The highest BCUT2D eigenvalue weighted by Gasteiger charge is 2.16. The van der Waals surface area contributed by atoms with Gasteiger partial charge >= 0.3 is 5.97 Å². The minimum atomic E-state index is -3.96. The van der Waals surface area contributed by atoms with Gasteiger partial charge in [-0.15, -0.1) is 0 Å². The number of hydrogen-bond acceptors (Lipinski definition) is 5. The SMILES string of the molecule is CC(C)CC(O)CNc1ccc(S(N)(=O)=O)cc1C(=O)O. The molecule has 1 atom stereocenters. The molecule has 0 aromatic heterocycles. The molecule has 0 bridgehead atoms. The van der Waals surface area contributed by atoms with Gasteiger partial charge in [0.25, 0.3) is 0 Å². The maximum atomic E-state index is 11.2. The summed E-state index contributed by atoms with van der Waals surface area (Å²) in [7, 11) is -3.96. The third kappa shape index (κ3) is 5.33. The van der Waals surface area contributed by atoms with Crippen molar-refractivity contribution in [2.45, 2.75) is 31.3 Å². The molecule has 7 nitrogen and oxygen atoms in total. The maximum Gasteiger partial charge on any atom is 0.337 e. The number of sulfonamides is 1. The van der Waals surface area contributed by atoms with Gasteiger partial charge in [0.05, 0.1) is 16.6 Å². The Bertz CT molecular complexity index is 613. The van der Waals surface area contributed by atoms with Gasteiger partial charge in [-0.25, -0.2) is 18.4 Å². The highest BCUT2D eigenvalue weighted by atomic mass is 32.2. The zero-order valence-corrected chi connectivity index (χ0v) is 12.7. The average Bonchev–Trinajstić information content (AvgIpc) is 2.34. The highest BCUT2D eigenvalue weighted by molar-refractivity contribution is 7.89. The van der Waals surface area contributed by atoms with Crippen LogP contribution in [-0.4, -0.2) is 37.2 Å². The van der Waals surface area contributed by atoms with Gasteiger partial charge in [-0.05, 0) is 30.5 Å². The van der Waals surface area contributed by atoms with Crippen LogP contribution in [0.5, 0.6) is 0 Å². The number of nitrogens with two attached hydrogens (primary N) is 1. The molecule has 0 aliphatic carbocycles. The fraction of sp³-hybridized carbons (Fsp3) is 0.462. The first-order valence-electron chi connectivity index (χ1n) is 6.43. The van der Waals surface area contributed by atoms with E-state index in [4.69, 9.17) is 10.2 Å². The van der Waals surface area contributed by atoms with Gasteiger partial charge < -0.3 is 15.5 Å². The molecule has 0 fully saturated rings. The Morgan fingerprint density at radius 2 is 2.00 bits per heavy atom. The van der Waals surface area contributed by atoms with E-state index in [2.05, 4.69) is 5.32 Å². The number of rotatable bonds is 7. The van der Waals surface area contributed by atoms with Crippen molar-refractivity contribution < 1.29 is 23.4 Å². The number of benzene rings is 1. The number of primary sulfonamides is 1. The van der Waals surface area contributed by atoms with Gasteiger partial charge in [0, 0.05) is 12.2 Å². The van der Waals surface area contributed by atoms with Crippen LogP contribution in [0.2, 0.25) is 0 Å². The zero-order valence-electron chi connectivity index (χ0n) is 11.9. The molecule has 0 aliphatic heterocycles. The van der Waals surface area contributed by atoms with Gasteiger partial charge in [-0.3, -0.25) is 0 Å². The molecule has 0 amide bonds. The number of hydrogen-bond donors (Lipinski definition) is 4. The van der Waals surface area contributed by atoms with Crippen LogP contribution in [0, 0.1) is 5.92 Å². The quantitative estimate of drug-likeness (QED) is 0.590. The van der Waals surface area contributed by atoms with Crippen molar-refractivity contribution in [3.63, 3.8) is 0 Å². The minimum absolute atomic E-state index is 0.174. The topological polar surface area (TPSA) is 130 Å². The molecule has 0 heterocycles. The van der Waals surface area contributed by atoms with Crippen LogP contribution in [-0.2, 0) is 10.0 Å². The van der Waals surface area contributed by atoms with E-state index < -0.39 is 22.1 Å². The summed E-state index contributed by atoms with van der Waals surface area (Å²) in [6.07, 6.45) is -0.0467. The molecule has 1 rings (SSSR count). The van der Waals surface area contributed by atoms with E-state index in [9.17, 15) is 18.3 Å². The second-order valence-electron chi connectivity index (χ2n) is 5.22. The molecule has 0 aliphatic rings. The summed E-state index contributed by atoms with van der Waals surface area (Å²) in [5.41, 5.74) is 0.0241. The molecule has 1 aromatic rings. The molecule has 1 aromatic carbocycles. The predicted molar refractivity (Wildman–Crippen MR) is 78.7 cm³/mol. The number of aromatic carboxylic acids is 1. The molecule has 1 unspecified atom stereocenters. The summed E-state index contributed by atoms with van der Waals surface area (Å²) in [4.78, 5) is 10.9. The molecule has 0 spiro atoms. The van der Waals surface area contributed by atoms with Crippen molar-refractivity contribution in [3.8, 4) is 0 Å². The van der Waals surface area contributed by atoms with E-state index in [0.29, 0.717) is 12.3 Å². The third-order valence-corrected chi connectivity index (χ3v) is 3.73. The fourth-order valence-corrected chi connectivity index (χ4v) is 2.43. The summed E-state index contributed by atoms with van der Waals surface area (Å²) in [5, 5.41) is 26.7. The van der Waals surface area contributed by atoms with Crippen LogP contribution in [0.3, 0.4) is 0 Å². The van der Waals surface area contributed by atoms with E-state index in [0.717, 1.165) is 6.07 Å². The first-order valence-corrected chi connectivity index (χ1v) is 7.98. The molecule has 0 saturated heterocycles. The fourth-order valence-electron chi connectivity index (χ4n) is 1.89. The van der Waals surface area contributed by atoms with E-state index in [1.54, 1.807) is 0 Å². The Kier molecular flexibility index (Phi) is 5.70. The lowest BCUT2D eigenvalue weighted by Crippen LogP contribution is -2.22. The highest BCUT2D eigenvalue weighted by Crippen LogP contribution is 2.20. The molecular formula is C13H20N2O5S. The number of carbonyl (C=O) groups is 1. The molecule has 8 heteroatoms. The largest absolute Gasteiger partial charge is 0.478 e. The number of aliphatic hydroxyl groups excluding tert-OH is 1. The molecular weight excluding hydrogens is 296 g/mol. The van der Waals surface area contributed by atoms with Crippen molar-refractivity contribution in [2.75, 3.05) is 11.9 Å². The predicted octanol–water partition coefficient (Wildman–Crippen LogP) is 0.851. The summed E-state index contributed by atoms with van der Waals surface area (Å²) in [5.74, 6) is -0.966. The molecule has 118 valence electrons. The van der Waals surface area contributed by atoms with Crippen LogP contribution in [0.15, 0.2) is 23.1 Å². The summed E-state index contributed by atoms with van der Waals surface area (Å²) in [6, 6.07) is 3.54. The molecule has 0 saturated carbocycles. The Balaban J connectivity index is 2.95. The van der Waals surface area contributed by atoms with Crippen LogP contribution < -0.4 is 10.5 Å². The van der Waals surface area contributed by atoms with Gasteiger partial charge in [-0.2, -0.15) is 0 Å². The molecule has 0 radical (unpaired) electrons. The molecule has 5 N–H and O–H groups in total. The van der Waals surface area contributed by atoms with Crippen molar-refractivity contribution >= 4 is 21.7 Å². The summed E-state index contributed by atoms with van der Waals surface area (Å²) < 4.78 is 22.5. The average molecular weight is 316 g/mol. The van der Waals surface area contributed by atoms with Gasteiger partial charge in [-0.1, -0.05) is 13.8 Å². The Hall–Kier alpha value is -1.64. The van der Waals surface area contributed by atoms with Gasteiger partial charge in [0.15, 0.2) is 0 Å². The first kappa shape index (κ1) is 17.4. The van der Waals surface area contributed by atoms with Crippen LogP contribution >= 0.6 is 0 Å². The van der Waals surface area contributed by atoms with Crippen molar-refractivity contribution in [1.29, 1.82) is 0 Å². The van der Waals surface area contributed by atoms with Crippen molar-refractivity contribution in [1.82, 2.24) is 0 Å². The Labute approximate surface area is 123 Å². The Morgan fingerprint density at radius 1 is 1.38 bits per heavy atom. The monoisotopic (exact) mass is 316 g/mol. The zero-order chi connectivity index (χ0) is 16.2. The number of nitrogens with one attached hydrogen (secondary N) is 1. The lowest BCUT2D eigenvalue weighted by molar-refractivity contribution is 0.0697. The van der Waals surface area contributed by atoms with E-state index in [1.165, 1.54) is 12.1 Å². The first-order chi connectivity index (χ1) is 9.61. The second kappa shape index (κ2) is 6.88. The lowest BCUT2D eigenvalue weighted by atomic mass is 10.1. The molecule has 21 heavy (non-hydrogen) atoms.